The Hall–Kier alpha value is 0.340. The minimum absolute atomic E-state index is 0.131. The standard InChI is InChI=1S/C37H72O9S2/c38-23-36(24-39,25-40)34(45)29(21-47-32-17-9-3-10-18-32)13-5-1-7-15-31(44)16-8-2-6-14-30(22-48-33-19-11-4-12-20-33)35(46)37(26-41,27-42)28-43/h29-35,38-46H,1-28H2. The van der Waals surface area contributed by atoms with Gasteiger partial charge in [-0.05, 0) is 74.7 Å². The van der Waals surface area contributed by atoms with Gasteiger partial charge >= 0.3 is 0 Å². The molecule has 2 rings (SSSR count). The lowest BCUT2D eigenvalue weighted by Gasteiger charge is -2.38. The van der Waals surface area contributed by atoms with Crippen molar-refractivity contribution in [3.8, 4) is 0 Å². The van der Waals surface area contributed by atoms with Crippen LogP contribution in [-0.2, 0) is 0 Å². The van der Waals surface area contributed by atoms with E-state index in [4.69, 9.17) is 0 Å². The van der Waals surface area contributed by atoms with Gasteiger partial charge in [0.1, 0.15) is 0 Å². The summed E-state index contributed by atoms with van der Waals surface area (Å²) < 4.78 is 0. The third-order valence-corrected chi connectivity index (χ3v) is 14.6. The molecule has 0 aromatic heterocycles. The smallest absolute Gasteiger partial charge is 0.0698 e. The number of aliphatic hydroxyl groups excluding tert-OH is 9. The van der Waals surface area contributed by atoms with Gasteiger partial charge in [0.05, 0.1) is 68.8 Å². The summed E-state index contributed by atoms with van der Waals surface area (Å²) in [6, 6.07) is 0. The summed E-state index contributed by atoms with van der Waals surface area (Å²) in [6.45, 7) is -2.79. The van der Waals surface area contributed by atoms with Crippen LogP contribution in [0.4, 0.5) is 0 Å². The first-order chi connectivity index (χ1) is 23.2. The molecule has 48 heavy (non-hydrogen) atoms. The largest absolute Gasteiger partial charge is 0.396 e. The van der Waals surface area contributed by atoms with Crippen LogP contribution in [0.25, 0.3) is 0 Å². The van der Waals surface area contributed by atoms with Crippen molar-refractivity contribution in [1.82, 2.24) is 0 Å². The van der Waals surface area contributed by atoms with Crippen molar-refractivity contribution in [3.05, 3.63) is 0 Å². The minimum Gasteiger partial charge on any atom is -0.396 e. The third-order valence-electron chi connectivity index (χ3n) is 11.5. The Morgan fingerprint density at radius 2 is 0.750 bits per heavy atom. The molecule has 2 saturated carbocycles. The van der Waals surface area contributed by atoms with Gasteiger partial charge in [-0.3, -0.25) is 0 Å². The fourth-order valence-corrected chi connectivity index (χ4v) is 10.6. The number of unbranched alkanes of at least 4 members (excludes halogenated alkanes) is 4. The van der Waals surface area contributed by atoms with E-state index in [1.54, 1.807) is 0 Å². The Morgan fingerprint density at radius 3 is 1.06 bits per heavy atom. The molecule has 0 amide bonds. The van der Waals surface area contributed by atoms with E-state index < -0.39 is 62.7 Å². The molecule has 11 heteroatoms. The maximum Gasteiger partial charge on any atom is 0.0698 e. The second-order valence-electron chi connectivity index (χ2n) is 15.2. The molecule has 286 valence electrons. The first-order valence-electron chi connectivity index (χ1n) is 19.2. The molecule has 2 fully saturated rings. The summed E-state index contributed by atoms with van der Waals surface area (Å²) in [7, 11) is 0. The van der Waals surface area contributed by atoms with Crippen LogP contribution in [0.5, 0.6) is 0 Å². The zero-order chi connectivity index (χ0) is 35.3. The van der Waals surface area contributed by atoms with E-state index in [-0.39, 0.29) is 17.9 Å². The first kappa shape index (κ1) is 44.5. The Morgan fingerprint density at radius 1 is 0.438 bits per heavy atom. The maximum absolute atomic E-state index is 11.2. The molecule has 4 atom stereocenters. The Bertz CT molecular complexity index is 695. The van der Waals surface area contributed by atoms with Gasteiger partial charge in [-0.1, -0.05) is 77.0 Å². The molecule has 4 unspecified atom stereocenters. The van der Waals surface area contributed by atoms with Crippen molar-refractivity contribution in [2.45, 2.75) is 157 Å². The lowest BCUT2D eigenvalue weighted by Crippen LogP contribution is -2.49. The van der Waals surface area contributed by atoms with E-state index in [2.05, 4.69) is 0 Å². The molecule has 2 aliphatic rings. The molecule has 0 bridgehead atoms. The molecule has 9 nitrogen and oxygen atoms in total. The van der Waals surface area contributed by atoms with Crippen molar-refractivity contribution in [3.63, 3.8) is 0 Å². The van der Waals surface area contributed by atoms with Crippen molar-refractivity contribution in [2.24, 2.45) is 22.7 Å². The van der Waals surface area contributed by atoms with E-state index in [1.807, 2.05) is 23.5 Å². The van der Waals surface area contributed by atoms with Crippen molar-refractivity contribution >= 4 is 23.5 Å². The Kier molecular flexibility index (Phi) is 23.5. The van der Waals surface area contributed by atoms with E-state index in [9.17, 15) is 46.0 Å². The molecule has 0 radical (unpaired) electrons. The number of rotatable bonds is 28. The van der Waals surface area contributed by atoms with Gasteiger partial charge in [0.15, 0.2) is 0 Å². The van der Waals surface area contributed by atoms with Gasteiger partial charge in [-0.2, -0.15) is 23.5 Å². The zero-order valence-electron chi connectivity index (χ0n) is 29.7. The summed E-state index contributed by atoms with van der Waals surface area (Å²) in [5, 5.41) is 93.7. The van der Waals surface area contributed by atoms with Crippen molar-refractivity contribution < 1.29 is 46.0 Å². The van der Waals surface area contributed by atoms with E-state index >= 15 is 0 Å². The van der Waals surface area contributed by atoms with Gasteiger partial charge in [0.25, 0.3) is 0 Å². The highest BCUT2D eigenvalue weighted by atomic mass is 32.2. The van der Waals surface area contributed by atoms with E-state index in [0.29, 0.717) is 23.3 Å². The third kappa shape index (κ3) is 14.8. The van der Waals surface area contributed by atoms with Gasteiger partial charge < -0.3 is 46.0 Å². The summed E-state index contributed by atoms with van der Waals surface area (Å²) in [4.78, 5) is 0. The van der Waals surface area contributed by atoms with Crippen LogP contribution < -0.4 is 0 Å². The minimum atomic E-state index is -1.31. The van der Waals surface area contributed by atoms with Gasteiger partial charge in [-0.15, -0.1) is 0 Å². The predicted molar refractivity (Wildman–Crippen MR) is 197 cm³/mol. The highest BCUT2D eigenvalue weighted by Crippen LogP contribution is 2.37. The average Bonchev–Trinajstić information content (AvgIpc) is 3.13. The van der Waals surface area contributed by atoms with Crippen LogP contribution in [0.1, 0.15) is 128 Å². The fraction of sp³-hybridized carbons (Fsp3) is 1.00. The van der Waals surface area contributed by atoms with Crippen LogP contribution in [-0.4, -0.2) is 126 Å². The quantitative estimate of drug-likeness (QED) is 0.0526. The lowest BCUT2D eigenvalue weighted by molar-refractivity contribution is -0.104. The summed E-state index contributed by atoms with van der Waals surface area (Å²) >= 11 is 3.77. The first-order valence-corrected chi connectivity index (χ1v) is 21.3. The Labute approximate surface area is 299 Å². The number of hydrogen-bond acceptors (Lipinski definition) is 11. The summed E-state index contributed by atoms with van der Waals surface area (Å²) in [5.74, 6) is 1.23. The van der Waals surface area contributed by atoms with Crippen LogP contribution in [0, 0.1) is 22.7 Å². The number of thioether (sulfide) groups is 2. The summed E-state index contributed by atoms with van der Waals surface area (Å²) in [5.41, 5.74) is -2.61. The molecule has 9 N–H and O–H groups in total. The molecule has 0 heterocycles. The van der Waals surface area contributed by atoms with E-state index in [0.717, 1.165) is 62.9 Å². The number of hydrogen-bond donors (Lipinski definition) is 9. The fourth-order valence-electron chi connectivity index (χ4n) is 7.58. The van der Waals surface area contributed by atoms with E-state index in [1.165, 1.54) is 64.2 Å². The zero-order valence-corrected chi connectivity index (χ0v) is 31.3. The Balaban J connectivity index is 1.74. The molecule has 0 aromatic carbocycles. The highest BCUT2D eigenvalue weighted by molar-refractivity contribution is 8.00. The molecule has 0 spiro atoms. The number of aliphatic hydroxyl groups is 9. The van der Waals surface area contributed by atoms with Gasteiger partial charge in [0.2, 0.25) is 0 Å². The molecule has 0 aromatic rings. The van der Waals surface area contributed by atoms with Gasteiger partial charge in [0, 0.05) is 10.5 Å². The molecule has 0 saturated heterocycles. The maximum atomic E-state index is 11.2. The molecular formula is C37H72O9S2. The normalized spacial score (nSPS) is 20.4. The van der Waals surface area contributed by atoms with Crippen molar-refractivity contribution in [1.29, 1.82) is 0 Å². The highest BCUT2D eigenvalue weighted by Gasteiger charge is 2.42. The van der Waals surface area contributed by atoms with Gasteiger partial charge in [-0.25, -0.2) is 0 Å². The topological polar surface area (TPSA) is 182 Å². The summed E-state index contributed by atoms with van der Waals surface area (Å²) in [6.07, 6.45) is 18.2. The lowest BCUT2D eigenvalue weighted by atomic mass is 9.77. The van der Waals surface area contributed by atoms with Crippen LogP contribution >= 0.6 is 23.5 Å². The monoisotopic (exact) mass is 724 g/mol. The van der Waals surface area contributed by atoms with Crippen LogP contribution in [0.3, 0.4) is 0 Å². The van der Waals surface area contributed by atoms with Crippen molar-refractivity contribution in [2.75, 3.05) is 51.1 Å². The van der Waals surface area contributed by atoms with Crippen LogP contribution in [0.2, 0.25) is 0 Å². The second kappa shape index (κ2) is 25.3. The molecular weight excluding hydrogens is 653 g/mol. The average molecular weight is 725 g/mol. The molecule has 2 aliphatic carbocycles. The van der Waals surface area contributed by atoms with Crippen LogP contribution in [0.15, 0.2) is 0 Å². The second-order valence-corrected chi connectivity index (χ2v) is 17.9. The predicted octanol–water partition coefficient (Wildman–Crippen LogP) is 4.26. The SMILES string of the molecule is OCC(CO)(CO)C(O)C(CCCCCC(O)CCCCCC(CSC1CCCCC1)C(O)C(CO)(CO)CO)CSC1CCCCC1. The molecule has 0 aliphatic heterocycles.